The number of thioether (sulfide) groups is 1. The van der Waals surface area contributed by atoms with Gasteiger partial charge in [0.15, 0.2) is 5.16 Å². The molecule has 3 aromatic carbocycles. The maximum atomic E-state index is 13.5. The third-order valence-electron chi connectivity index (χ3n) is 5.52. The van der Waals surface area contributed by atoms with Crippen molar-refractivity contribution in [2.75, 3.05) is 20.3 Å². The number of rotatable bonds is 10. The highest BCUT2D eigenvalue weighted by Crippen LogP contribution is 2.24. The minimum Gasteiger partial charge on any atom is -0.383 e. The Kier molecular flexibility index (Phi) is 8.58. The molecule has 8 heteroatoms. The second kappa shape index (κ2) is 12.0. The second-order valence-corrected chi connectivity index (χ2v) is 9.36. The van der Waals surface area contributed by atoms with Crippen LogP contribution in [0.25, 0.3) is 10.9 Å². The summed E-state index contributed by atoms with van der Waals surface area (Å²) >= 11 is 7.51. The van der Waals surface area contributed by atoms with Gasteiger partial charge in [0, 0.05) is 36.5 Å². The van der Waals surface area contributed by atoms with E-state index in [0.29, 0.717) is 58.5 Å². The average molecular weight is 508 g/mol. The molecule has 0 aliphatic carbocycles. The molecule has 6 nitrogen and oxygen atoms in total. The van der Waals surface area contributed by atoms with E-state index in [1.807, 2.05) is 42.5 Å². The molecule has 0 bridgehead atoms. The molecule has 1 heterocycles. The van der Waals surface area contributed by atoms with Crippen molar-refractivity contribution in [1.29, 1.82) is 0 Å². The number of hydrogen-bond donors (Lipinski definition) is 1. The molecule has 0 fully saturated rings. The van der Waals surface area contributed by atoms with Crippen molar-refractivity contribution in [3.8, 4) is 0 Å². The first-order valence-electron chi connectivity index (χ1n) is 11.3. The number of ether oxygens (including phenoxy) is 1. The number of benzene rings is 3. The van der Waals surface area contributed by atoms with E-state index in [1.165, 1.54) is 11.8 Å². The van der Waals surface area contributed by atoms with Gasteiger partial charge in [-0.3, -0.25) is 14.2 Å². The van der Waals surface area contributed by atoms with E-state index in [-0.39, 0.29) is 11.5 Å². The summed E-state index contributed by atoms with van der Waals surface area (Å²) in [6, 6.07) is 22.7. The molecule has 0 saturated carbocycles. The van der Waals surface area contributed by atoms with Crippen molar-refractivity contribution in [2.24, 2.45) is 0 Å². The lowest BCUT2D eigenvalue weighted by molar-refractivity contribution is 0.0937. The van der Waals surface area contributed by atoms with E-state index in [0.717, 1.165) is 11.1 Å². The number of amides is 1. The summed E-state index contributed by atoms with van der Waals surface area (Å²) in [5, 5.41) is 4.59. The molecule has 0 aliphatic heterocycles. The molecule has 1 N–H and O–H groups in total. The third kappa shape index (κ3) is 6.51. The first-order chi connectivity index (χ1) is 17.0. The van der Waals surface area contributed by atoms with E-state index in [9.17, 15) is 9.59 Å². The van der Waals surface area contributed by atoms with Crippen molar-refractivity contribution in [3.05, 3.63) is 105 Å². The maximum absolute atomic E-state index is 13.5. The number of halogens is 1. The molecular weight excluding hydrogens is 482 g/mol. The van der Waals surface area contributed by atoms with Gasteiger partial charge in [-0.25, -0.2) is 4.98 Å². The molecule has 35 heavy (non-hydrogen) atoms. The first-order valence-corrected chi connectivity index (χ1v) is 12.6. The molecule has 1 aromatic heterocycles. The Morgan fingerprint density at radius 3 is 2.57 bits per heavy atom. The molecule has 0 aliphatic rings. The van der Waals surface area contributed by atoms with E-state index in [4.69, 9.17) is 21.3 Å². The van der Waals surface area contributed by atoms with E-state index in [1.54, 1.807) is 29.9 Å². The van der Waals surface area contributed by atoms with E-state index < -0.39 is 0 Å². The number of carbonyl (C=O) groups excluding carboxylic acids is 1. The van der Waals surface area contributed by atoms with Crippen molar-refractivity contribution >= 4 is 40.2 Å². The van der Waals surface area contributed by atoms with Crippen LogP contribution in [-0.4, -0.2) is 35.7 Å². The molecule has 0 saturated heterocycles. The summed E-state index contributed by atoms with van der Waals surface area (Å²) in [4.78, 5) is 30.8. The molecule has 0 radical (unpaired) electrons. The zero-order valence-corrected chi connectivity index (χ0v) is 20.9. The van der Waals surface area contributed by atoms with Gasteiger partial charge in [0.25, 0.3) is 11.5 Å². The van der Waals surface area contributed by atoms with Crippen molar-refractivity contribution < 1.29 is 9.53 Å². The quantitative estimate of drug-likeness (QED) is 0.186. The van der Waals surface area contributed by atoms with Gasteiger partial charge in [-0.2, -0.15) is 0 Å². The van der Waals surface area contributed by atoms with Crippen LogP contribution in [0.5, 0.6) is 0 Å². The van der Waals surface area contributed by atoms with Crippen molar-refractivity contribution in [1.82, 2.24) is 14.9 Å². The standard InChI is InChI=1S/C27H26ClN3O3S/c1-34-16-14-29-25(32)21-9-12-23-24(17-21)30-27(35-18-20-7-10-22(28)11-8-20)31(26(23)33)15-13-19-5-3-2-4-6-19/h2-12,17H,13-16,18H2,1H3,(H,29,32). The second-order valence-electron chi connectivity index (χ2n) is 7.98. The summed E-state index contributed by atoms with van der Waals surface area (Å²) in [5.74, 6) is 0.409. The molecule has 180 valence electrons. The van der Waals surface area contributed by atoms with Gasteiger partial charge in [0.1, 0.15) is 0 Å². The Balaban J connectivity index is 1.66. The van der Waals surface area contributed by atoms with Crippen LogP contribution in [-0.2, 0) is 23.5 Å². The van der Waals surface area contributed by atoms with Gasteiger partial charge in [0.05, 0.1) is 17.5 Å². The number of fused-ring (bicyclic) bond motifs is 1. The average Bonchev–Trinajstić information content (AvgIpc) is 2.88. The Hall–Kier alpha value is -3.13. The lowest BCUT2D eigenvalue weighted by Crippen LogP contribution is -2.27. The number of nitrogens with zero attached hydrogens (tertiary/aromatic N) is 2. The van der Waals surface area contributed by atoms with E-state index in [2.05, 4.69) is 17.4 Å². The van der Waals surface area contributed by atoms with Crippen LogP contribution in [0.15, 0.2) is 82.7 Å². The van der Waals surface area contributed by atoms with Crippen LogP contribution >= 0.6 is 23.4 Å². The van der Waals surface area contributed by atoms with Crippen LogP contribution < -0.4 is 10.9 Å². The van der Waals surface area contributed by atoms with Crippen molar-refractivity contribution in [3.63, 3.8) is 0 Å². The topological polar surface area (TPSA) is 73.2 Å². The predicted octanol–water partition coefficient (Wildman–Crippen LogP) is 4.96. The zero-order chi connectivity index (χ0) is 24.6. The Morgan fingerprint density at radius 1 is 1.06 bits per heavy atom. The van der Waals surface area contributed by atoms with Gasteiger partial charge in [0.2, 0.25) is 0 Å². The van der Waals surface area contributed by atoms with Crippen LogP contribution in [0.4, 0.5) is 0 Å². The Bertz CT molecular complexity index is 1360. The molecule has 0 atom stereocenters. The Labute approximate surface area is 213 Å². The molecular formula is C27H26ClN3O3S. The molecule has 4 aromatic rings. The first kappa shape index (κ1) is 25.0. The highest BCUT2D eigenvalue weighted by atomic mass is 35.5. The molecule has 4 rings (SSSR count). The number of methoxy groups -OCH3 is 1. The fraction of sp³-hybridized carbons (Fsp3) is 0.222. The van der Waals surface area contributed by atoms with Crippen molar-refractivity contribution in [2.45, 2.75) is 23.9 Å². The van der Waals surface area contributed by atoms with Crippen LogP contribution in [0.3, 0.4) is 0 Å². The monoisotopic (exact) mass is 507 g/mol. The zero-order valence-electron chi connectivity index (χ0n) is 19.4. The Morgan fingerprint density at radius 2 is 1.83 bits per heavy atom. The molecule has 1 amide bonds. The number of nitrogens with one attached hydrogen (secondary N) is 1. The SMILES string of the molecule is COCCNC(=O)c1ccc2c(=O)n(CCc3ccccc3)c(SCc3ccc(Cl)cc3)nc2c1. The van der Waals surface area contributed by atoms with Gasteiger partial charge in [-0.1, -0.05) is 65.8 Å². The van der Waals surface area contributed by atoms with Crippen LogP contribution in [0, 0.1) is 0 Å². The number of aryl methyl sites for hydroxylation is 1. The normalized spacial score (nSPS) is 11.0. The summed E-state index contributed by atoms with van der Waals surface area (Å²) in [6.07, 6.45) is 0.711. The lowest BCUT2D eigenvalue weighted by atomic mass is 10.1. The van der Waals surface area contributed by atoms with Crippen LogP contribution in [0.2, 0.25) is 5.02 Å². The summed E-state index contributed by atoms with van der Waals surface area (Å²) in [5.41, 5.74) is 3.07. The summed E-state index contributed by atoms with van der Waals surface area (Å²) in [7, 11) is 1.58. The minimum atomic E-state index is -0.227. The van der Waals surface area contributed by atoms with Gasteiger partial charge in [-0.05, 0) is 47.9 Å². The number of hydrogen-bond acceptors (Lipinski definition) is 5. The van der Waals surface area contributed by atoms with E-state index >= 15 is 0 Å². The van der Waals surface area contributed by atoms with Gasteiger partial charge >= 0.3 is 0 Å². The predicted molar refractivity (Wildman–Crippen MR) is 141 cm³/mol. The molecule has 0 unspecified atom stereocenters. The fourth-order valence-corrected chi connectivity index (χ4v) is 4.74. The van der Waals surface area contributed by atoms with Crippen LogP contribution in [0.1, 0.15) is 21.5 Å². The largest absolute Gasteiger partial charge is 0.383 e. The van der Waals surface area contributed by atoms with Gasteiger partial charge in [-0.15, -0.1) is 0 Å². The summed E-state index contributed by atoms with van der Waals surface area (Å²) in [6.45, 7) is 1.34. The molecule has 0 spiro atoms. The highest BCUT2D eigenvalue weighted by Gasteiger charge is 2.15. The number of aromatic nitrogens is 2. The fourth-order valence-electron chi connectivity index (χ4n) is 3.63. The summed E-state index contributed by atoms with van der Waals surface area (Å²) < 4.78 is 6.72. The minimum absolute atomic E-state index is 0.115. The third-order valence-corrected chi connectivity index (χ3v) is 6.82. The van der Waals surface area contributed by atoms with Gasteiger partial charge < -0.3 is 10.1 Å². The number of carbonyl (C=O) groups is 1. The smallest absolute Gasteiger partial charge is 0.262 e. The maximum Gasteiger partial charge on any atom is 0.262 e. The highest BCUT2D eigenvalue weighted by molar-refractivity contribution is 7.98. The lowest BCUT2D eigenvalue weighted by Gasteiger charge is -2.14.